The number of carbonyl (C=O) groups is 2. The van der Waals surface area contributed by atoms with Crippen molar-refractivity contribution in [2.24, 2.45) is 0 Å². The van der Waals surface area contributed by atoms with Crippen LogP contribution >= 0.6 is 11.3 Å². The Balaban J connectivity index is 1.35. The minimum Gasteiger partial charge on any atom is -0.505 e. The number of ketones is 1. The van der Waals surface area contributed by atoms with E-state index < -0.39 is 17.7 Å². The highest BCUT2D eigenvalue weighted by molar-refractivity contribution is 7.22. The lowest BCUT2D eigenvalue weighted by atomic mass is 9.96. The van der Waals surface area contributed by atoms with Crippen molar-refractivity contribution in [1.29, 1.82) is 0 Å². The fourth-order valence-electron chi connectivity index (χ4n) is 5.63. The second kappa shape index (κ2) is 10.8. The molecule has 1 aliphatic heterocycles. The molecule has 0 spiro atoms. The van der Waals surface area contributed by atoms with E-state index in [2.05, 4.69) is 0 Å². The lowest BCUT2D eigenvalue weighted by Gasteiger charge is -2.23. The molecule has 1 atom stereocenters. The molecular weight excluding hydrogens is 572 g/mol. The second-order valence-corrected chi connectivity index (χ2v) is 11.9. The van der Waals surface area contributed by atoms with Crippen LogP contribution in [0.3, 0.4) is 0 Å². The number of Topliss-reactive ketones (excluding diaryl/α,β-unsaturated/α-hetero) is 1. The maximum absolute atomic E-state index is 13.8. The van der Waals surface area contributed by atoms with Gasteiger partial charge >= 0.3 is 5.91 Å². The zero-order valence-electron chi connectivity index (χ0n) is 24.3. The molecule has 4 heterocycles. The molecule has 1 unspecified atom stereocenters. The molecule has 218 valence electrons. The van der Waals surface area contributed by atoms with Crippen LogP contribution in [-0.4, -0.2) is 31.2 Å². The van der Waals surface area contributed by atoms with Gasteiger partial charge in [-0.1, -0.05) is 65.9 Å². The van der Waals surface area contributed by atoms with Gasteiger partial charge in [0.2, 0.25) is 0 Å². The Hall–Kier alpha value is -5.28. The summed E-state index contributed by atoms with van der Waals surface area (Å²) in [7, 11) is 0. The molecule has 0 radical (unpaired) electrons. The van der Waals surface area contributed by atoms with Crippen LogP contribution in [0.1, 0.15) is 39.7 Å². The number of pyridine rings is 1. The Bertz CT molecular complexity index is 2110. The van der Waals surface area contributed by atoms with Crippen LogP contribution in [0, 0.1) is 20.8 Å². The molecule has 3 aromatic heterocycles. The van der Waals surface area contributed by atoms with E-state index >= 15 is 0 Å². The number of hydrogen-bond acceptors (Lipinski definition) is 7. The van der Waals surface area contributed by atoms with Gasteiger partial charge in [0.15, 0.2) is 10.9 Å². The highest BCUT2D eigenvalue weighted by Gasteiger charge is 2.48. The Kier molecular flexibility index (Phi) is 6.74. The molecular formula is C35H28N4O4S. The second-order valence-electron chi connectivity index (χ2n) is 10.9. The standard InChI is InChI=1S/C35H28N4O4S/c1-20-11-16-26-27(18-20)44-35(36-26)39-30(24-12-14-25(15-13-24)43-19-23-9-5-4-6-10-23)28(32(41)34(39)42)31(40)29-22(3)38-17-7-8-21(2)33(38)37-29/h4-18,30,40H,19H2,1-3H3/b31-28+. The molecule has 0 bridgehead atoms. The number of rotatable bonds is 6. The molecule has 44 heavy (non-hydrogen) atoms. The molecule has 1 N–H and O–H groups in total. The van der Waals surface area contributed by atoms with Gasteiger partial charge in [-0.3, -0.25) is 14.5 Å². The predicted molar refractivity (Wildman–Crippen MR) is 171 cm³/mol. The molecule has 6 aromatic rings. The first-order chi connectivity index (χ1) is 21.3. The maximum Gasteiger partial charge on any atom is 0.301 e. The molecule has 9 heteroatoms. The summed E-state index contributed by atoms with van der Waals surface area (Å²) in [6, 6.07) is 25.9. The van der Waals surface area contributed by atoms with Gasteiger partial charge in [0, 0.05) is 6.20 Å². The Morgan fingerprint density at radius 1 is 0.932 bits per heavy atom. The first-order valence-corrected chi connectivity index (χ1v) is 15.0. The van der Waals surface area contributed by atoms with E-state index in [0.29, 0.717) is 34.4 Å². The van der Waals surface area contributed by atoms with Crippen LogP contribution in [0.5, 0.6) is 5.75 Å². The monoisotopic (exact) mass is 600 g/mol. The highest BCUT2D eigenvalue weighted by Crippen LogP contribution is 2.45. The van der Waals surface area contributed by atoms with Crippen molar-refractivity contribution in [3.63, 3.8) is 0 Å². The number of anilines is 1. The minimum atomic E-state index is -0.926. The summed E-state index contributed by atoms with van der Waals surface area (Å²) in [6.45, 7) is 6.15. The van der Waals surface area contributed by atoms with E-state index in [-0.39, 0.29) is 17.0 Å². The summed E-state index contributed by atoms with van der Waals surface area (Å²) in [5.74, 6) is -1.23. The third-order valence-electron chi connectivity index (χ3n) is 7.94. The highest BCUT2D eigenvalue weighted by atomic mass is 32.1. The van der Waals surface area contributed by atoms with Crippen LogP contribution in [0.4, 0.5) is 5.13 Å². The summed E-state index contributed by atoms with van der Waals surface area (Å²) in [4.78, 5) is 38.4. The van der Waals surface area contributed by atoms with Crippen LogP contribution in [0.25, 0.3) is 21.6 Å². The van der Waals surface area contributed by atoms with Gasteiger partial charge < -0.3 is 14.2 Å². The van der Waals surface area contributed by atoms with Crippen molar-refractivity contribution in [2.75, 3.05) is 4.90 Å². The van der Waals surface area contributed by atoms with Crippen LogP contribution in [0.2, 0.25) is 0 Å². The molecule has 8 nitrogen and oxygen atoms in total. The molecule has 7 rings (SSSR count). The van der Waals surface area contributed by atoms with Gasteiger partial charge in [-0.05, 0) is 73.4 Å². The van der Waals surface area contributed by atoms with E-state index in [1.54, 1.807) is 12.1 Å². The third kappa shape index (κ3) is 4.62. The van der Waals surface area contributed by atoms with Gasteiger partial charge in [0.25, 0.3) is 5.78 Å². The van der Waals surface area contributed by atoms with E-state index in [0.717, 1.165) is 26.9 Å². The summed E-state index contributed by atoms with van der Waals surface area (Å²) >= 11 is 1.33. The molecule has 1 saturated heterocycles. The molecule has 0 aliphatic carbocycles. The molecule has 0 saturated carbocycles. The number of fused-ring (bicyclic) bond motifs is 2. The number of aliphatic hydroxyl groups excluding tert-OH is 1. The third-order valence-corrected chi connectivity index (χ3v) is 8.95. The number of nitrogens with zero attached hydrogens (tertiary/aromatic N) is 4. The number of benzene rings is 3. The van der Waals surface area contributed by atoms with Gasteiger partial charge in [-0.2, -0.15) is 0 Å². The van der Waals surface area contributed by atoms with E-state index in [1.165, 1.54) is 16.2 Å². The average Bonchev–Trinajstić information content (AvgIpc) is 3.68. The van der Waals surface area contributed by atoms with Crippen molar-refractivity contribution in [2.45, 2.75) is 33.4 Å². The Morgan fingerprint density at radius 2 is 1.70 bits per heavy atom. The molecule has 1 amide bonds. The largest absolute Gasteiger partial charge is 0.505 e. The first-order valence-electron chi connectivity index (χ1n) is 14.2. The Morgan fingerprint density at radius 3 is 2.45 bits per heavy atom. The minimum absolute atomic E-state index is 0.0347. The van der Waals surface area contributed by atoms with E-state index in [1.807, 2.05) is 104 Å². The van der Waals surface area contributed by atoms with Crippen molar-refractivity contribution in [3.8, 4) is 5.75 Å². The number of amides is 1. The average molecular weight is 601 g/mol. The fourth-order valence-corrected chi connectivity index (χ4v) is 6.72. The maximum atomic E-state index is 13.8. The van der Waals surface area contributed by atoms with Crippen LogP contribution in [-0.2, 0) is 16.2 Å². The van der Waals surface area contributed by atoms with Crippen LogP contribution < -0.4 is 9.64 Å². The number of aliphatic hydroxyl groups is 1. The number of aromatic nitrogens is 3. The number of carbonyl (C=O) groups excluding carboxylic acids is 2. The summed E-state index contributed by atoms with van der Waals surface area (Å²) in [5.41, 5.74) is 5.92. The quantitative estimate of drug-likeness (QED) is 0.125. The number of ether oxygens (including phenoxy) is 1. The van der Waals surface area contributed by atoms with Gasteiger partial charge in [0.05, 0.1) is 27.5 Å². The summed E-state index contributed by atoms with van der Waals surface area (Å²) < 4.78 is 8.75. The normalized spacial score (nSPS) is 16.3. The number of imidazole rings is 1. The smallest absolute Gasteiger partial charge is 0.301 e. The molecule has 1 aliphatic rings. The van der Waals surface area contributed by atoms with Crippen molar-refractivity contribution in [1.82, 2.24) is 14.4 Å². The number of thiazole rings is 1. The van der Waals surface area contributed by atoms with Crippen LogP contribution in [0.15, 0.2) is 96.7 Å². The fraction of sp³-hybridized carbons (Fsp3) is 0.143. The first kappa shape index (κ1) is 27.5. The zero-order valence-corrected chi connectivity index (χ0v) is 25.1. The number of hydrogen-bond donors (Lipinski definition) is 1. The van der Waals surface area contributed by atoms with Crippen molar-refractivity contribution < 1.29 is 19.4 Å². The lowest BCUT2D eigenvalue weighted by molar-refractivity contribution is -0.132. The van der Waals surface area contributed by atoms with Crippen molar-refractivity contribution >= 4 is 49.8 Å². The van der Waals surface area contributed by atoms with Gasteiger partial charge in [0.1, 0.15) is 23.7 Å². The van der Waals surface area contributed by atoms with Crippen molar-refractivity contribution in [3.05, 3.63) is 130 Å². The summed E-state index contributed by atoms with van der Waals surface area (Å²) in [5, 5.41) is 12.2. The van der Waals surface area contributed by atoms with Gasteiger partial charge in [-0.25, -0.2) is 9.97 Å². The topological polar surface area (TPSA) is 97.0 Å². The summed E-state index contributed by atoms with van der Waals surface area (Å²) in [6.07, 6.45) is 1.86. The van der Waals surface area contributed by atoms with Gasteiger partial charge in [-0.15, -0.1) is 0 Å². The number of aryl methyl sites for hydroxylation is 3. The zero-order chi connectivity index (χ0) is 30.5. The van der Waals surface area contributed by atoms with E-state index in [4.69, 9.17) is 14.7 Å². The van der Waals surface area contributed by atoms with E-state index in [9.17, 15) is 14.7 Å². The molecule has 1 fully saturated rings. The predicted octanol–water partition coefficient (Wildman–Crippen LogP) is 7.07. The molecule has 3 aromatic carbocycles. The lowest BCUT2D eigenvalue weighted by Crippen LogP contribution is -2.29. The SMILES string of the molecule is Cc1ccc2nc(N3C(=O)C(=O)/C(=C(/O)c4nc5c(C)cccn5c4C)C3c3ccc(OCc4ccccc4)cc3)sc2c1. The Labute approximate surface area is 257 Å².